The molecule has 1 radical (unpaired) electrons. The Hall–Kier alpha value is -0.0400. The molecule has 0 saturated heterocycles. The van der Waals surface area contributed by atoms with Crippen molar-refractivity contribution in [1.82, 2.24) is 0 Å². The minimum atomic E-state index is -0.537. The van der Waals surface area contributed by atoms with Crippen molar-refractivity contribution in [1.29, 1.82) is 0 Å². The Morgan fingerprint density at radius 3 is 2.36 bits per heavy atom. The zero-order valence-corrected chi connectivity index (χ0v) is 7.68. The van der Waals surface area contributed by atoms with Crippen molar-refractivity contribution in [3.05, 3.63) is 0 Å². The summed E-state index contributed by atoms with van der Waals surface area (Å²) in [5.74, 6) is 1.16. The summed E-state index contributed by atoms with van der Waals surface area (Å²) in [5, 5.41) is 12.1. The van der Waals surface area contributed by atoms with Gasteiger partial charge in [-0.2, -0.15) is 0 Å². The molecule has 0 aromatic heterocycles. The first-order chi connectivity index (χ1) is 4.98. The van der Waals surface area contributed by atoms with Gasteiger partial charge >= 0.3 is 0 Å². The van der Waals surface area contributed by atoms with Crippen LogP contribution in [0.5, 0.6) is 0 Å². The van der Waals surface area contributed by atoms with Crippen molar-refractivity contribution in [2.75, 3.05) is 0 Å². The number of hydrogen-bond donors (Lipinski definition) is 0. The molecule has 2 fully saturated rings. The van der Waals surface area contributed by atoms with Crippen molar-refractivity contribution in [2.24, 2.45) is 17.3 Å². The predicted octanol–water partition coefficient (Wildman–Crippen LogP) is 2.63. The van der Waals surface area contributed by atoms with Gasteiger partial charge in [-0.3, -0.25) is 0 Å². The molecule has 3 unspecified atom stereocenters. The summed E-state index contributed by atoms with van der Waals surface area (Å²) in [6.45, 7) is 6.50. The summed E-state index contributed by atoms with van der Waals surface area (Å²) in [7, 11) is 0. The normalized spacial score (nSPS) is 53.5. The van der Waals surface area contributed by atoms with E-state index in [1.807, 2.05) is 0 Å². The third kappa shape index (κ3) is 0.752. The first-order valence-electron chi connectivity index (χ1n) is 4.69. The Bertz CT molecular complexity index is 185. The summed E-state index contributed by atoms with van der Waals surface area (Å²) in [6, 6.07) is 0. The first kappa shape index (κ1) is 7.60. The quantitative estimate of drug-likeness (QED) is 0.510. The summed E-state index contributed by atoms with van der Waals surface area (Å²) in [5.41, 5.74) is -0.428. The van der Waals surface area contributed by atoms with Crippen LogP contribution in [0.4, 0.5) is 0 Å². The fourth-order valence-electron chi connectivity index (χ4n) is 2.99. The van der Waals surface area contributed by atoms with E-state index in [4.69, 9.17) is 0 Å². The fraction of sp³-hybridized carbons (Fsp3) is 1.00. The van der Waals surface area contributed by atoms with Gasteiger partial charge < -0.3 is 0 Å². The summed E-state index contributed by atoms with van der Waals surface area (Å²) in [6.07, 6.45) is 3.38. The average molecular weight is 153 g/mol. The molecule has 0 aromatic carbocycles. The topological polar surface area (TPSA) is 19.9 Å². The van der Waals surface area contributed by atoms with Crippen molar-refractivity contribution in [3.8, 4) is 0 Å². The van der Waals surface area contributed by atoms with Gasteiger partial charge in [0.15, 0.2) is 0 Å². The van der Waals surface area contributed by atoms with Crippen molar-refractivity contribution < 1.29 is 5.11 Å². The molecule has 0 aromatic rings. The Labute approximate surface area is 68.8 Å². The van der Waals surface area contributed by atoms with Gasteiger partial charge in [-0.25, -0.2) is 5.11 Å². The second kappa shape index (κ2) is 1.82. The molecule has 1 nitrogen and oxygen atoms in total. The lowest BCUT2D eigenvalue weighted by Gasteiger charge is -2.20. The first-order valence-corrected chi connectivity index (χ1v) is 4.69. The van der Waals surface area contributed by atoms with E-state index in [1.165, 1.54) is 12.8 Å². The smallest absolute Gasteiger partial charge is 0.113 e. The monoisotopic (exact) mass is 153 g/mol. The standard InChI is InChI=1S/C10H17O/c1-7-4-5-8-9(2,3)10(8,11)6-7/h7-8H,4-6H2,1-3H3. The van der Waals surface area contributed by atoms with Crippen LogP contribution in [0.25, 0.3) is 0 Å². The van der Waals surface area contributed by atoms with Crippen LogP contribution in [-0.4, -0.2) is 5.60 Å². The van der Waals surface area contributed by atoms with Crippen molar-refractivity contribution in [3.63, 3.8) is 0 Å². The highest BCUT2D eigenvalue weighted by Gasteiger charge is 2.72. The lowest BCUT2D eigenvalue weighted by Crippen LogP contribution is -2.21. The Morgan fingerprint density at radius 2 is 1.91 bits per heavy atom. The van der Waals surface area contributed by atoms with Crippen LogP contribution in [-0.2, 0) is 5.11 Å². The van der Waals surface area contributed by atoms with E-state index in [0.717, 1.165) is 6.42 Å². The van der Waals surface area contributed by atoms with E-state index in [0.29, 0.717) is 11.8 Å². The van der Waals surface area contributed by atoms with Gasteiger partial charge in [0.1, 0.15) is 5.60 Å². The van der Waals surface area contributed by atoms with Gasteiger partial charge in [0.05, 0.1) is 0 Å². The molecule has 0 N–H and O–H groups in total. The highest BCUT2D eigenvalue weighted by molar-refractivity contribution is 5.20. The van der Waals surface area contributed by atoms with Gasteiger partial charge in [0.25, 0.3) is 0 Å². The largest absolute Gasteiger partial charge is 0.229 e. The molecule has 0 heterocycles. The van der Waals surface area contributed by atoms with E-state index in [-0.39, 0.29) is 5.41 Å². The maximum atomic E-state index is 12.1. The molecule has 0 aliphatic heterocycles. The maximum absolute atomic E-state index is 12.1. The average Bonchev–Trinajstić information content (AvgIpc) is 2.26. The van der Waals surface area contributed by atoms with Crippen LogP contribution >= 0.6 is 0 Å². The third-order valence-electron chi connectivity index (χ3n) is 4.04. The summed E-state index contributed by atoms with van der Waals surface area (Å²) < 4.78 is 0. The zero-order valence-electron chi connectivity index (χ0n) is 7.68. The molecule has 0 bridgehead atoms. The Kier molecular flexibility index (Phi) is 1.26. The molecular formula is C10H17O. The lowest BCUT2D eigenvalue weighted by molar-refractivity contribution is -0.00679. The molecule has 2 saturated carbocycles. The van der Waals surface area contributed by atoms with Crippen molar-refractivity contribution >= 4 is 0 Å². The summed E-state index contributed by atoms with van der Waals surface area (Å²) in [4.78, 5) is 0. The number of rotatable bonds is 0. The lowest BCUT2D eigenvalue weighted by atomic mass is 9.88. The molecular weight excluding hydrogens is 136 g/mol. The Balaban J connectivity index is 2.17. The van der Waals surface area contributed by atoms with Crippen molar-refractivity contribution in [2.45, 2.75) is 45.6 Å². The zero-order chi connectivity index (χ0) is 8.28. The van der Waals surface area contributed by atoms with Gasteiger partial charge in [0.2, 0.25) is 0 Å². The molecule has 2 rings (SSSR count). The second-order valence-corrected chi connectivity index (χ2v) is 5.05. The molecule has 0 amide bonds. The number of fused-ring (bicyclic) bond motifs is 1. The highest BCUT2D eigenvalue weighted by atomic mass is 16.3. The van der Waals surface area contributed by atoms with Crippen LogP contribution in [0.2, 0.25) is 0 Å². The minimum Gasteiger partial charge on any atom is -0.229 e. The van der Waals surface area contributed by atoms with Crippen LogP contribution in [0, 0.1) is 17.3 Å². The fourth-order valence-corrected chi connectivity index (χ4v) is 2.99. The van der Waals surface area contributed by atoms with E-state index in [9.17, 15) is 5.11 Å². The molecule has 63 valence electrons. The van der Waals surface area contributed by atoms with E-state index in [2.05, 4.69) is 20.8 Å². The molecule has 0 spiro atoms. The van der Waals surface area contributed by atoms with Gasteiger partial charge in [-0.1, -0.05) is 27.2 Å². The van der Waals surface area contributed by atoms with Gasteiger partial charge in [-0.15, -0.1) is 0 Å². The highest BCUT2D eigenvalue weighted by Crippen LogP contribution is 2.69. The molecule has 1 heteroatoms. The Morgan fingerprint density at radius 1 is 1.27 bits per heavy atom. The minimum absolute atomic E-state index is 0.109. The molecule has 2 aliphatic rings. The van der Waals surface area contributed by atoms with E-state index in [1.54, 1.807) is 0 Å². The second-order valence-electron chi connectivity index (χ2n) is 5.05. The predicted molar refractivity (Wildman–Crippen MR) is 43.7 cm³/mol. The molecule has 3 atom stereocenters. The van der Waals surface area contributed by atoms with E-state index < -0.39 is 5.60 Å². The summed E-state index contributed by atoms with van der Waals surface area (Å²) >= 11 is 0. The third-order valence-corrected chi connectivity index (χ3v) is 4.04. The van der Waals surface area contributed by atoms with Gasteiger partial charge in [0, 0.05) is 5.41 Å². The van der Waals surface area contributed by atoms with Crippen LogP contribution < -0.4 is 0 Å². The molecule has 11 heavy (non-hydrogen) atoms. The van der Waals surface area contributed by atoms with Crippen LogP contribution in [0.15, 0.2) is 0 Å². The van der Waals surface area contributed by atoms with Gasteiger partial charge in [-0.05, 0) is 24.7 Å². The SMILES string of the molecule is CC1CCC2C(C)(C)C2([O])C1. The van der Waals surface area contributed by atoms with E-state index >= 15 is 0 Å². The molecule has 2 aliphatic carbocycles. The van der Waals surface area contributed by atoms with Crippen LogP contribution in [0.3, 0.4) is 0 Å². The maximum Gasteiger partial charge on any atom is 0.113 e. The number of hydrogen-bond acceptors (Lipinski definition) is 0. The van der Waals surface area contributed by atoms with Crippen LogP contribution in [0.1, 0.15) is 40.0 Å².